The van der Waals surface area contributed by atoms with Crippen LogP contribution in [0.2, 0.25) is 0 Å². The number of aryl methyl sites for hydroxylation is 1. The van der Waals surface area contributed by atoms with E-state index in [1.54, 1.807) is 0 Å². The van der Waals surface area contributed by atoms with Gasteiger partial charge in [0.25, 0.3) is 0 Å². The van der Waals surface area contributed by atoms with Crippen molar-refractivity contribution in [1.82, 2.24) is 4.98 Å². The molecule has 1 unspecified atom stereocenters. The van der Waals surface area contributed by atoms with Gasteiger partial charge in [-0.05, 0) is 61.6 Å². The highest BCUT2D eigenvalue weighted by Gasteiger charge is 2.26. The van der Waals surface area contributed by atoms with Crippen LogP contribution in [0.5, 0.6) is 0 Å². The van der Waals surface area contributed by atoms with Crippen LogP contribution in [0.1, 0.15) is 61.2 Å². The summed E-state index contributed by atoms with van der Waals surface area (Å²) in [6.07, 6.45) is 0.937. The molecule has 0 saturated heterocycles. The second-order valence-corrected chi connectivity index (χ2v) is 8.22. The molecule has 1 atom stereocenters. The molecule has 0 saturated carbocycles. The zero-order valence-corrected chi connectivity index (χ0v) is 17.0. The zero-order valence-electron chi connectivity index (χ0n) is 16.2. The van der Waals surface area contributed by atoms with E-state index >= 15 is 0 Å². The van der Waals surface area contributed by atoms with Crippen molar-refractivity contribution < 1.29 is 0 Å². The summed E-state index contributed by atoms with van der Waals surface area (Å²) in [5, 5.41) is 0. The van der Waals surface area contributed by atoms with Crippen molar-refractivity contribution in [2.45, 2.75) is 51.5 Å². The molecule has 0 aliphatic carbocycles. The summed E-state index contributed by atoms with van der Waals surface area (Å²) in [4.78, 5) is 4.95. The van der Waals surface area contributed by atoms with Crippen LogP contribution in [-0.4, -0.2) is 4.98 Å². The van der Waals surface area contributed by atoms with Crippen LogP contribution in [0.3, 0.4) is 0 Å². The van der Waals surface area contributed by atoms with Gasteiger partial charge in [-0.25, -0.2) is 0 Å². The number of thioether (sulfide) groups is 1. The molecule has 2 heterocycles. The fourth-order valence-corrected chi connectivity index (χ4v) is 4.81. The number of nitrogens with two attached hydrogens (primary N) is 1. The van der Waals surface area contributed by atoms with Gasteiger partial charge in [0, 0.05) is 28.8 Å². The van der Waals surface area contributed by atoms with Crippen molar-refractivity contribution in [1.29, 1.82) is 0 Å². The lowest BCUT2D eigenvalue weighted by molar-refractivity contribution is 0.877. The molecule has 2 N–H and O–H groups in total. The number of aromatic nitrogens is 1. The Kier molecular flexibility index (Phi) is 5.57. The van der Waals surface area contributed by atoms with Crippen LogP contribution in [0, 0.1) is 6.92 Å². The van der Waals surface area contributed by atoms with Crippen LogP contribution >= 0.6 is 11.8 Å². The summed E-state index contributed by atoms with van der Waals surface area (Å²) in [7, 11) is 0. The Morgan fingerprint density at radius 3 is 2.69 bits per heavy atom. The Hall–Kier alpha value is -2.00. The van der Waals surface area contributed by atoms with Crippen LogP contribution in [0.15, 0.2) is 53.6 Å². The highest BCUT2D eigenvalue weighted by Crippen LogP contribution is 2.41. The van der Waals surface area contributed by atoms with Gasteiger partial charge in [0.1, 0.15) is 0 Å². The summed E-state index contributed by atoms with van der Waals surface area (Å²) >= 11 is 1.94. The normalized spacial score (nSPS) is 14.0. The minimum absolute atomic E-state index is 0.124. The molecule has 1 aliphatic rings. The third-order valence-corrected chi connectivity index (χ3v) is 6.10. The molecular formula is C23H28N2S. The Morgan fingerprint density at radius 1 is 1.27 bits per heavy atom. The zero-order chi connectivity index (χ0) is 18.8. The Morgan fingerprint density at radius 2 is 2.04 bits per heavy atom. The van der Waals surface area contributed by atoms with Gasteiger partial charge < -0.3 is 5.73 Å². The monoisotopic (exact) mass is 364 g/mol. The molecule has 0 spiro atoms. The number of nitrogen functional groups attached to an aromatic ring is 1. The van der Waals surface area contributed by atoms with Crippen molar-refractivity contribution >= 4 is 17.4 Å². The van der Waals surface area contributed by atoms with E-state index in [1.807, 2.05) is 23.9 Å². The quantitative estimate of drug-likeness (QED) is 0.510. The lowest BCUT2D eigenvalue weighted by Gasteiger charge is -2.27. The van der Waals surface area contributed by atoms with E-state index in [0.717, 1.165) is 29.3 Å². The van der Waals surface area contributed by atoms with Gasteiger partial charge in [0.05, 0.1) is 5.69 Å². The number of pyridine rings is 1. The van der Waals surface area contributed by atoms with Gasteiger partial charge in [-0.3, -0.25) is 4.98 Å². The molecule has 1 aromatic carbocycles. The topological polar surface area (TPSA) is 38.9 Å². The predicted octanol–water partition coefficient (Wildman–Crippen LogP) is 6.15. The number of rotatable bonds is 5. The number of benzene rings is 1. The molecule has 136 valence electrons. The third-order valence-electron chi connectivity index (χ3n) is 5.11. The summed E-state index contributed by atoms with van der Waals surface area (Å²) < 4.78 is 0. The summed E-state index contributed by atoms with van der Waals surface area (Å²) in [5.74, 6) is 2.20. The molecule has 1 aliphatic heterocycles. The number of fused-ring (bicyclic) bond motifs is 1. The van der Waals surface area contributed by atoms with Crippen LogP contribution in [0.4, 0.5) is 5.69 Å². The van der Waals surface area contributed by atoms with Crippen LogP contribution < -0.4 is 5.73 Å². The first-order valence-corrected chi connectivity index (χ1v) is 10.4. The Bertz CT molecular complexity index is 876. The van der Waals surface area contributed by atoms with E-state index in [4.69, 9.17) is 10.7 Å². The standard InChI is InChI=1S/C23H28N2S/c1-6-15(4)22(14(2)3)23(17-8-7-9-19(24)10-17)20-11-18-12-26-13-21(18)25-16(20)5/h7-11,23H,4,6,12-13,24H2,1-3,5H3. The van der Waals surface area contributed by atoms with Gasteiger partial charge in [0.2, 0.25) is 0 Å². The number of hydrogen-bond acceptors (Lipinski definition) is 3. The van der Waals surface area contributed by atoms with Crippen molar-refractivity contribution in [2.75, 3.05) is 5.73 Å². The molecule has 26 heavy (non-hydrogen) atoms. The maximum atomic E-state index is 6.13. The molecule has 1 aromatic heterocycles. The molecule has 0 bridgehead atoms. The minimum atomic E-state index is 0.124. The highest BCUT2D eigenvalue weighted by atomic mass is 32.2. The average molecular weight is 365 g/mol. The van der Waals surface area contributed by atoms with E-state index in [2.05, 4.69) is 52.5 Å². The smallest absolute Gasteiger partial charge is 0.0546 e. The average Bonchev–Trinajstić information content (AvgIpc) is 3.05. The number of nitrogens with zero attached hydrogens (tertiary/aromatic N) is 1. The molecule has 0 amide bonds. The van der Waals surface area contributed by atoms with Crippen LogP contribution in [0.25, 0.3) is 0 Å². The summed E-state index contributed by atoms with van der Waals surface area (Å²) in [6.45, 7) is 13.0. The van der Waals surface area contributed by atoms with E-state index in [9.17, 15) is 0 Å². The second kappa shape index (κ2) is 7.71. The SMILES string of the molecule is C=C(CC)C(=C(C)C)C(c1cccc(N)c1)c1cc2c(nc1C)CSC2. The number of hydrogen-bond donors (Lipinski definition) is 1. The van der Waals surface area contributed by atoms with Gasteiger partial charge in [-0.1, -0.05) is 42.8 Å². The maximum absolute atomic E-state index is 6.13. The predicted molar refractivity (Wildman–Crippen MR) is 114 cm³/mol. The van der Waals surface area contributed by atoms with Crippen molar-refractivity contribution in [3.8, 4) is 0 Å². The first-order valence-electron chi connectivity index (χ1n) is 9.20. The Labute approximate surface area is 161 Å². The number of allylic oxidation sites excluding steroid dienone is 3. The Balaban J connectivity index is 2.25. The minimum Gasteiger partial charge on any atom is -0.399 e. The first-order chi connectivity index (χ1) is 12.4. The molecule has 3 heteroatoms. The van der Waals surface area contributed by atoms with Crippen molar-refractivity contribution in [3.05, 3.63) is 81.7 Å². The molecule has 2 nitrogen and oxygen atoms in total. The molecule has 3 rings (SSSR count). The van der Waals surface area contributed by atoms with Crippen molar-refractivity contribution in [3.63, 3.8) is 0 Å². The van der Waals surface area contributed by atoms with Gasteiger partial charge >= 0.3 is 0 Å². The fraction of sp³-hybridized carbons (Fsp3) is 0.348. The molecule has 0 radical (unpaired) electrons. The molecular weight excluding hydrogens is 336 g/mol. The van der Waals surface area contributed by atoms with Gasteiger partial charge in [-0.15, -0.1) is 0 Å². The lowest BCUT2D eigenvalue weighted by atomic mass is 9.78. The maximum Gasteiger partial charge on any atom is 0.0546 e. The highest BCUT2D eigenvalue weighted by molar-refractivity contribution is 7.98. The van der Waals surface area contributed by atoms with E-state index in [-0.39, 0.29) is 5.92 Å². The third kappa shape index (κ3) is 3.59. The van der Waals surface area contributed by atoms with Gasteiger partial charge in [0.15, 0.2) is 0 Å². The lowest BCUT2D eigenvalue weighted by Crippen LogP contribution is -2.12. The second-order valence-electron chi connectivity index (χ2n) is 7.24. The number of anilines is 1. The van der Waals surface area contributed by atoms with E-state index in [0.29, 0.717) is 0 Å². The first kappa shape index (κ1) is 18.8. The largest absolute Gasteiger partial charge is 0.399 e. The summed E-state index contributed by atoms with van der Waals surface area (Å²) in [5.41, 5.74) is 17.0. The van der Waals surface area contributed by atoms with Gasteiger partial charge in [-0.2, -0.15) is 11.8 Å². The molecule has 0 fully saturated rings. The van der Waals surface area contributed by atoms with Crippen molar-refractivity contribution in [2.24, 2.45) is 0 Å². The van der Waals surface area contributed by atoms with Crippen LogP contribution in [-0.2, 0) is 11.5 Å². The fourth-order valence-electron chi connectivity index (χ4n) is 3.79. The van der Waals surface area contributed by atoms with E-state index in [1.165, 1.54) is 39.1 Å². The van der Waals surface area contributed by atoms with E-state index < -0.39 is 0 Å². The summed E-state index contributed by atoms with van der Waals surface area (Å²) in [6, 6.07) is 10.6. The molecule has 2 aromatic rings.